The fourth-order valence-corrected chi connectivity index (χ4v) is 10.3. The van der Waals surface area contributed by atoms with Crippen LogP contribution in [0.1, 0.15) is 172 Å². The van der Waals surface area contributed by atoms with E-state index in [-0.39, 0.29) is 50.3 Å². The van der Waals surface area contributed by atoms with E-state index >= 15 is 0 Å². The molecule has 0 fully saturated rings. The molecule has 100 heavy (non-hydrogen) atoms. The van der Waals surface area contributed by atoms with Crippen LogP contribution in [0.4, 0.5) is 0 Å². The number of aliphatic hydroxyl groups is 1. The number of amides is 12. The lowest BCUT2D eigenvalue weighted by molar-refractivity contribution is -0.143. The van der Waals surface area contributed by atoms with Crippen molar-refractivity contribution in [2.45, 2.75) is 258 Å². The number of nitrogens with one attached hydrogen (secondary N) is 12. The summed E-state index contributed by atoms with van der Waals surface area (Å²) in [5.74, 6) is -13.1. The molecule has 568 valence electrons. The number of carbonyl (C=O) groups excluding carboxylic acids is 12. The van der Waals surface area contributed by atoms with Gasteiger partial charge in [0, 0.05) is 6.42 Å². The van der Waals surface area contributed by atoms with Gasteiger partial charge in [-0.3, -0.25) is 57.5 Å². The fourth-order valence-electron chi connectivity index (χ4n) is 10.3. The molecule has 14 atom stereocenters. The van der Waals surface area contributed by atoms with Crippen molar-refractivity contribution in [3.8, 4) is 5.75 Å². The minimum atomic E-state index is -1.77. The molecule has 1 aromatic rings. The van der Waals surface area contributed by atoms with E-state index in [4.69, 9.17) is 28.7 Å². The molecule has 0 aliphatic heterocycles. The van der Waals surface area contributed by atoms with Crippen LogP contribution in [0, 0.1) is 23.7 Å². The summed E-state index contributed by atoms with van der Waals surface area (Å²) in [6, 6.07) is -11.3. The molecule has 0 aliphatic rings. The third-order valence-electron chi connectivity index (χ3n) is 16.4. The van der Waals surface area contributed by atoms with Crippen molar-refractivity contribution in [2.24, 2.45) is 52.3 Å². The highest BCUT2D eigenvalue weighted by atomic mass is 16.4. The molecule has 0 saturated carbocycles. The number of carbonyl (C=O) groups is 13. The number of benzene rings is 1. The van der Waals surface area contributed by atoms with E-state index in [1.807, 2.05) is 0 Å². The van der Waals surface area contributed by atoms with Gasteiger partial charge in [0.15, 0.2) is 0 Å². The molecule has 0 aliphatic carbocycles. The molecule has 0 heterocycles. The molecule has 12 amide bonds. The number of aliphatic hydroxyl groups excluding tert-OH is 1. The minimum Gasteiger partial charge on any atom is -0.508 e. The van der Waals surface area contributed by atoms with Crippen LogP contribution in [0.2, 0.25) is 0 Å². The molecule has 0 aromatic heterocycles. The van der Waals surface area contributed by atoms with E-state index in [0.717, 1.165) is 0 Å². The first kappa shape index (κ1) is 89.9. The Hall–Kier alpha value is -8.11. The SMILES string of the molecule is CC(C)C[C@H](NC(=O)[C@@H](NC(=O)[C@H](Cc1ccc(O)cc1)NC(=O)[C@@H](NC(=O)[C@H](C)NC(=O)[C@H](C)NC(=O)[C@@H](NC(=O)[C@H](C)NC(=O)[C@H](CCCCN)NC(=O)[C@H](CCCCN)NC(=O)[C@H](CCCCN)NC(=O)[C@@H](N)CCCCN)C(C)C)[C@@H](C)O)C(C)C)C(=O)N[C@H](C(=O)O)C(C)C. The zero-order chi connectivity index (χ0) is 76.1. The van der Waals surface area contributed by atoms with Crippen LogP contribution in [0.25, 0.3) is 0 Å². The maximum atomic E-state index is 14.3. The molecule has 0 radical (unpaired) electrons. The van der Waals surface area contributed by atoms with Gasteiger partial charge in [0.1, 0.15) is 78.3 Å². The number of carboxylic acids is 1. The van der Waals surface area contributed by atoms with E-state index in [1.54, 1.807) is 55.4 Å². The number of phenols is 1. The van der Waals surface area contributed by atoms with Gasteiger partial charge in [-0.05, 0) is 172 Å². The highest BCUT2D eigenvalue weighted by Crippen LogP contribution is 2.16. The summed E-state index contributed by atoms with van der Waals surface area (Å²) in [4.78, 5) is 178. The van der Waals surface area contributed by atoms with Crippen molar-refractivity contribution in [1.82, 2.24) is 63.8 Å². The minimum absolute atomic E-state index is 0.0687. The smallest absolute Gasteiger partial charge is 0.326 e. The van der Waals surface area contributed by atoms with Gasteiger partial charge in [-0.25, -0.2) is 4.79 Å². The zero-order valence-corrected chi connectivity index (χ0v) is 60.5. The Labute approximate surface area is 587 Å². The predicted molar refractivity (Wildman–Crippen MR) is 375 cm³/mol. The van der Waals surface area contributed by atoms with Gasteiger partial charge >= 0.3 is 5.97 Å². The lowest BCUT2D eigenvalue weighted by Crippen LogP contribution is -2.62. The van der Waals surface area contributed by atoms with Gasteiger partial charge in [0.2, 0.25) is 70.9 Å². The summed E-state index contributed by atoms with van der Waals surface area (Å²) >= 11 is 0. The zero-order valence-electron chi connectivity index (χ0n) is 60.5. The Morgan fingerprint density at radius 2 is 0.650 bits per heavy atom. The maximum Gasteiger partial charge on any atom is 0.326 e. The van der Waals surface area contributed by atoms with Gasteiger partial charge < -0.3 is 108 Å². The molecular formula is C67H119N17O16. The number of unbranched alkanes of at least 4 members (excludes halogenated alkanes) is 4. The molecule has 33 nitrogen and oxygen atoms in total. The van der Waals surface area contributed by atoms with Crippen molar-refractivity contribution < 1.29 is 77.6 Å². The second kappa shape index (κ2) is 47.1. The number of phenolic OH excluding ortho intramolecular Hbond substituents is 1. The number of hydrogen-bond donors (Lipinski definition) is 20. The quantitative estimate of drug-likeness (QED) is 0.0292. The van der Waals surface area contributed by atoms with Crippen molar-refractivity contribution in [2.75, 3.05) is 26.2 Å². The fraction of sp³-hybridized carbons (Fsp3) is 0.716. The highest BCUT2D eigenvalue weighted by molar-refractivity contribution is 6.00. The van der Waals surface area contributed by atoms with E-state index < -0.39 is 179 Å². The molecular weight excluding hydrogens is 1300 g/mol. The first-order valence-corrected chi connectivity index (χ1v) is 34.8. The average molecular weight is 1420 g/mol. The molecule has 0 bridgehead atoms. The second-order valence-corrected chi connectivity index (χ2v) is 27.0. The molecule has 1 rings (SSSR count). The number of hydrogen-bond acceptors (Lipinski definition) is 20. The van der Waals surface area contributed by atoms with Crippen LogP contribution in [0.3, 0.4) is 0 Å². The topological polar surface area (TPSA) is 557 Å². The summed E-state index contributed by atoms with van der Waals surface area (Å²) in [7, 11) is 0. The number of aliphatic carboxylic acids is 1. The number of aromatic hydroxyl groups is 1. The number of carboxylic acid groups (broad SMARTS) is 1. The maximum absolute atomic E-state index is 14.3. The van der Waals surface area contributed by atoms with Crippen LogP contribution < -0.4 is 92.5 Å². The second-order valence-electron chi connectivity index (χ2n) is 27.0. The van der Waals surface area contributed by atoms with E-state index in [9.17, 15) is 77.6 Å². The standard InChI is InChI=1S/C67H119N17O16/c1-35(2)33-49(62(94)83-53(38(7)8)67(99)100)79-65(97)52(37(5)6)82-63(95)50(34-43-25-27-44(86)28-26-43)80-66(98)54(42(12)85)84-57(89)40(10)73-55(87)39(9)75-64(96)51(36(3)4)81-56(88)41(11)74-59(91)46(22-14-18-30-69)77-61(93)48(24-16-20-32-71)78-60(92)47(23-15-19-31-70)76-58(90)45(72)21-13-17-29-68/h25-28,35-42,45-54,85-86H,13-24,29-34,68-72H2,1-12H3,(H,73,87)(H,74,91)(H,75,96)(H,76,90)(H,77,93)(H,78,92)(H,79,97)(H,80,98)(H,81,88)(H,82,95)(H,83,94)(H,84,89)(H,99,100)/t39-,40-,41-,42+,45-,46-,47-,48-,49-,50-,51-,52-,53-,54-/m0/s1. The Balaban J connectivity index is 3.30. The number of rotatable bonds is 49. The van der Waals surface area contributed by atoms with Gasteiger partial charge in [0.05, 0.1) is 12.1 Å². The average Bonchev–Trinajstić information content (AvgIpc) is 0.853. The molecule has 0 saturated heterocycles. The third-order valence-corrected chi connectivity index (χ3v) is 16.4. The van der Waals surface area contributed by atoms with Crippen LogP contribution in [-0.4, -0.2) is 203 Å². The first-order valence-electron chi connectivity index (χ1n) is 34.8. The summed E-state index contributed by atoms with van der Waals surface area (Å²) < 4.78 is 0. The van der Waals surface area contributed by atoms with Crippen molar-refractivity contribution in [1.29, 1.82) is 0 Å². The van der Waals surface area contributed by atoms with Crippen LogP contribution >= 0.6 is 0 Å². The lowest BCUT2D eigenvalue weighted by atomic mass is 9.98. The predicted octanol–water partition coefficient (Wildman–Crippen LogP) is -2.87. The van der Waals surface area contributed by atoms with E-state index in [1.165, 1.54) is 52.0 Å². The van der Waals surface area contributed by atoms with Crippen LogP contribution in [-0.2, 0) is 68.7 Å². The highest BCUT2D eigenvalue weighted by Gasteiger charge is 2.38. The third kappa shape index (κ3) is 33.4. The Morgan fingerprint density at radius 1 is 0.350 bits per heavy atom. The lowest BCUT2D eigenvalue weighted by Gasteiger charge is -2.29. The Morgan fingerprint density at radius 3 is 1.05 bits per heavy atom. The monoisotopic (exact) mass is 1420 g/mol. The molecule has 33 heteroatoms. The van der Waals surface area contributed by atoms with Gasteiger partial charge in [-0.2, -0.15) is 0 Å². The first-order chi connectivity index (χ1) is 46.9. The largest absolute Gasteiger partial charge is 0.508 e. The summed E-state index contributed by atoms with van der Waals surface area (Å²) in [6.45, 7) is 19.6. The molecule has 0 spiro atoms. The van der Waals surface area contributed by atoms with Crippen LogP contribution in [0.15, 0.2) is 24.3 Å². The summed E-state index contributed by atoms with van der Waals surface area (Å²) in [5.41, 5.74) is 29.4. The Kier molecular flexibility index (Phi) is 42.3. The molecule has 1 aromatic carbocycles. The van der Waals surface area contributed by atoms with Crippen molar-refractivity contribution in [3.05, 3.63) is 29.8 Å². The molecule has 0 unspecified atom stereocenters. The summed E-state index contributed by atoms with van der Waals surface area (Å²) in [5, 5.41) is 61.6. The number of nitrogens with two attached hydrogens (primary N) is 5. The van der Waals surface area contributed by atoms with Gasteiger partial charge in [-0.1, -0.05) is 73.9 Å². The summed E-state index contributed by atoms with van der Waals surface area (Å²) in [6.07, 6.45) is 2.95. The van der Waals surface area contributed by atoms with Crippen molar-refractivity contribution >= 4 is 76.9 Å². The van der Waals surface area contributed by atoms with E-state index in [0.29, 0.717) is 83.0 Å². The van der Waals surface area contributed by atoms with Gasteiger partial charge in [0.25, 0.3) is 0 Å². The normalized spacial score (nSPS) is 15.6. The molecule has 25 N–H and O–H groups in total. The van der Waals surface area contributed by atoms with Crippen LogP contribution in [0.5, 0.6) is 5.75 Å². The van der Waals surface area contributed by atoms with Gasteiger partial charge in [-0.15, -0.1) is 0 Å². The Bertz CT molecular complexity index is 2790. The van der Waals surface area contributed by atoms with E-state index in [2.05, 4.69) is 63.8 Å². The van der Waals surface area contributed by atoms with Crippen molar-refractivity contribution in [3.63, 3.8) is 0 Å².